The minimum Gasteiger partial charge on any atom is -0.378 e. The molecule has 4 aromatic carbocycles. The molecule has 0 aliphatic heterocycles. The zero-order chi connectivity index (χ0) is 31.0. The van der Waals surface area contributed by atoms with Crippen LogP contribution in [0.15, 0.2) is 97.1 Å². The van der Waals surface area contributed by atoms with Crippen LogP contribution in [-0.2, 0) is 0 Å². The molecule has 8 heteroatoms. The van der Waals surface area contributed by atoms with E-state index in [1.165, 1.54) is 56.1 Å². The normalized spacial score (nSPS) is 10.2. The fourth-order valence-electron chi connectivity index (χ4n) is 4.62. The third kappa shape index (κ3) is 8.04. The molecule has 0 aliphatic rings. The van der Waals surface area contributed by atoms with Crippen molar-refractivity contribution in [1.29, 1.82) is 0 Å². The summed E-state index contributed by atoms with van der Waals surface area (Å²) in [6.45, 7) is 0. The lowest BCUT2D eigenvalue weighted by Crippen LogP contribution is -2.09. The second-order valence-corrected chi connectivity index (χ2v) is 10.8. The minimum absolute atomic E-state index is 1.18. The standard InChI is InChI=1S/C34H40N4.H2NO3/c1-35(2)29-17-9-25(10-18-29)33(26-11-19-30(20-12-26)36(3)4)34(27-13-21-31(22-14-27)37(5)6)28-15-23-32(24-16-28)38(7)8;2-1(3)4/h9-24H,1-8H3;(H2,2,3,4)/q;+1. The molecule has 0 fully saturated rings. The summed E-state index contributed by atoms with van der Waals surface area (Å²) in [5, 5.41) is 12.5. The average molecular weight is 569 g/mol. The van der Waals surface area contributed by atoms with Crippen molar-refractivity contribution < 1.29 is 15.5 Å². The Kier molecular flexibility index (Phi) is 10.6. The van der Waals surface area contributed by atoms with Crippen LogP contribution in [0.1, 0.15) is 22.3 Å². The summed E-state index contributed by atoms with van der Waals surface area (Å²) in [6.07, 6.45) is 0. The van der Waals surface area contributed by atoms with Gasteiger partial charge in [-0.2, -0.15) is 0 Å². The van der Waals surface area contributed by atoms with Crippen molar-refractivity contribution in [3.05, 3.63) is 124 Å². The van der Waals surface area contributed by atoms with Crippen LogP contribution in [0.3, 0.4) is 0 Å². The van der Waals surface area contributed by atoms with Crippen LogP contribution in [0.25, 0.3) is 11.1 Å². The van der Waals surface area contributed by atoms with Gasteiger partial charge < -0.3 is 19.6 Å². The third-order valence-corrected chi connectivity index (χ3v) is 6.94. The van der Waals surface area contributed by atoms with Gasteiger partial charge in [-0.3, -0.25) is 0 Å². The van der Waals surface area contributed by atoms with Crippen molar-refractivity contribution in [2.75, 3.05) is 76.0 Å². The SMILES string of the molecule is CN(C)c1ccc(C(=C(c2ccc(N(C)C)cc2)c2ccc(N(C)C)cc2)c2ccc(N(C)C)cc2)cc1.O=[N+](O)O. The zero-order valence-corrected chi connectivity index (χ0v) is 25.8. The maximum absolute atomic E-state index is 8.47. The van der Waals surface area contributed by atoms with Gasteiger partial charge in [-0.25, -0.2) is 10.4 Å². The Balaban J connectivity index is 0.00000114. The summed E-state index contributed by atoms with van der Waals surface area (Å²) in [5.41, 5.74) is 11.9. The Morgan fingerprint density at radius 2 is 0.548 bits per heavy atom. The molecule has 42 heavy (non-hydrogen) atoms. The lowest BCUT2D eigenvalue weighted by molar-refractivity contribution is -0.969. The highest BCUT2D eigenvalue weighted by atomic mass is 16.9. The van der Waals surface area contributed by atoms with Gasteiger partial charge in [0.2, 0.25) is 0 Å². The first-order valence-electron chi connectivity index (χ1n) is 13.6. The largest absolute Gasteiger partial charge is 0.472 e. The van der Waals surface area contributed by atoms with E-state index in [9.17, 15) is 0 Å². The highest BCUT2D eigenvalue weighted by Crippen LogP contribution is 2.38. The average Bonchev–Trinajstić information content (AvgIpc) is 2.96. The van der Waals surface area contributed by atoms with Crippen molar-refractivity contribution >= 4 is 33.9 Å². The molecule has 0 saturated heterocycles. The van der Waals surface area contributed by atoms with Crippen molar-refractivity contribution in [2.45, 2.75) is 0 Å². The summed E-state index contributed by atoms with van der Waals surface area (Å²) >= 11 is 0. The maximum atomic E-state index is 8.47. The number of hydrogen-bond donors (Lipinski definition) is 2. The molecule has 2 N–H and O–H groups in total. The van der Waals surface area contributed by atoms with E-state index in [-0.39, 0.29) is 0 Å². The molecule has 0 unspecified atom stereocenters. The zero-order valence-electron chi connectivity index (χ0n) is 25.8. The summed E-state index contributed by atoms with van der Waals surface area (Å²) in [4.78, 5) is 17.0. The van der Waals surface area contributed by atoms with Crippen LogP contribution in [0, 0.1) is 4.91 Å². The molecule has 4 rings (SSSR count). The summed E-state index contributed by atoms with van der Waals surface area (Å²) in [7, 11) is 16.6. The molecule has 0 spiro atoms. The smallest absolute Gasteiger partial charge is 0.378 e. The number of anilines is 4. The molecular formula is C34H42N5O3+. The summed E-state index contributed by atoms with van der Waals surface area (Å²) < 4.78 is 0. The van der Waals surface area contributed by atoms with Gasteiger partial charge in [-0.1, -0.05) is 48.5 Å². The van der Waals surface area contributed by atoms with Gasteiger partial charge >= 0.3 is 5.09 Å². The Hall–Kier alpha value is -4.98. The fraction of sp³-hybridized carbons (Fsp3) is 0.235. The first kappa shape index (κ1) is 31.5. The predicted octanol–water partition coefficient (Wildman–Crippen LogP) is 6.50. The van der Waals surface area contributed by atoms with E-state index >= 15 is 0 Å². The number of hydrogen-bond acceptors (Lipinski definition) is 5. The summed E-state index contributed by atoms with van der Waals surface area (Å²) in [5.74, 6) is 0. The second-order valence-electron chi connectivity index (χ2n) is 10.8. The summed E-state index contributed by atoms with van der Waals surface area (Å²) in [6, 6.07) is 35.5. The monoisotopic (exact) mass is 568 g/mol. The first-order valence-corrected chi connectivity index (χ1v) is 13.6. The van der Waals surface area contributed by atoms with Crippen LogP contribution in [-0.4, -0.2) is 71.9 Å². The molecule has 4 aromatic rings. The van der Waals surface area contributed by atoms with Crippen molar-refractivity contribution in [3.63, 3.8) is 0 Å². The van der Waals surface area contributed by atoms with Gasteiger partial charge in [0.05, 0.1) is 0 Å². The van der Waals surface area contributed by atoms with Crippen LogP contribution in [0.5, 0.6) is 0 Å². The highest BCUT2D eigenvalue weighted by molar-refractivity contribution is 6.05. The van der Waals surface area contributed by atoms with Gasteiger partial charge in [0.25, 0.3) is 0 Å². The maximum Gasteiger partial charge on any atom is 0.472 e. The molecule has 0 atom stereocenters. The lowest BCUT2D eigenvalue weighted by atomic mass is 9.85. The van der Waals surface area contributed by atoms with E-state index in [1.54, 1.807) is 0 Å². The van der Waals surface area contributed by atoms with Crippen LogP contribution in [0.4, 0.5) is 22.7 Å². The number of nitrogens with zero attached hydrogens (tertiary/aromatic N) is 5. The predicted molar refractivity (Wildman–Crippen MR) is 175 cm³/mol. The molecule has 220 valence electrons. The molecule has 0 saturated carbocycles. The van der Waals surface area contributed by atoms with Crippen LogP contribution >= 0.6 is 0 Å². The first-order chi connectivity index (χ1) is 19.9. The van der Waals surface area contributed by atoms with Gasteiger partial charge in [0, 0.05) is 79.1 Å². The Bertz CT molecular complexity index is 1250. The fourth-order valence-corrected chi connectivity index (χ4v) is 4.62. The Labute approximate surface area is 249 Å². The second kappa shape index (κ2) is 14.1. The van der Waals surface area contributed by atoms with Gasteiger partial charge in [-0.05, 0) is 81.9 Å². The Morgan fingerprint density at radius 3 is 0.667 bits per heavy atom. The molecule has 0 amide bonds. The van der Waals surface area contributed by atoms with E-state index in [1.807, 2.05) is 0 Å². The lowest BCUT2D eigenvalue weighted by Gasteiger charge is -2.21. The topological polar surface area (TPSA) is 73.5 Å². The van der Waals surface area contributed by atoms with E-state index < -0.39 is 5.09 Å². The van der Waals surface area contributed by atoms with Crippen LogP contribution < -0.4 is 19.6 Å². The number of rotatable bonds is 8. The van der Waals surface area contributed by atoms with Crippen molar-refractivity contribution in [2.24, 2.45) is 0 Å². The molecule has 8 nitrogen and oxygen atoms in total. The Morgan fingerprint density at radius 1 is 0.405 bits per heavy atom. The van der Waals surface area contributed by atoms with E-state index in [0.717, 1.165) is 0 Å². The quantitative estimate of drug-likeness (QED) is 0.186. The molecule has 0 aromatic heterocycles. The third-order valence-electron chi connectivity index (χ3n) is 6.94. The minimum atomic E-state index is -1.25. The highest BCUT2D eigenvalue weighted by Gasteiger charge is 2.17. The van der Waals surface area contributed by atoms with E-state index in [0.29, 0.717) is 0 Å². The van der Waals surface area contributed by atoms with Crippen molar-refractivity contribution in [1.82, 2.24) is 0 Å². The van der Waals surface area contributed by atoms with Gasteiger partial charge in [0.15, 0.2) is 0 Å². The number of benzene rings is 4. The molecule has 0 bridgehead atoms. The van der Waals surface area contributed by atoms with E-state index in [4.69, 9.17) is 15.3 Å². The van der Waals surface area contributed by atoms with Gasteiger partial charge in [-0.15, -0.1) is 0 Å². The van der Waals surface area contributed by atoms with Crippen molar-refractivity contribution in [3.8, 4) is 0 Å². The van der Waals surface area contributed by atoms with Crippen LogP contribution in [0.2, 0.25) is 0 Å². The molecule has 0 aliphatic carbocycles. The molecule has 0 heterocycles. The molecular weight excluding hydrogens is 526 g/mol. The molecule has 0 radical (unpaired) electrons. The van der Waals surface area contributed by atoms with Gasteiger partial charge in [0.1, 0.15) is 4.91 Å². The van der Waals surface area contributed by atoms with E-state index in [2.05, 4.69) is 173 Å².